The van der Waals surface area contributed by atoms with Crippen molar-refractivity contribution in [1.29, 1.82) is 0 Å². The van der Waals surface area contributed by atoms with Crippen LogP contribution in [0.1, 0.15) is 16.7 Å². The molecule has 142 valence electrons. The molecule has 1 aliphatic rings. The Hall–Kier alpha value is -2.96. The maximum Gasteiger partial charge on any atom is 0.416 e. The van der Waals surface area contributed by atoms with E-state index in [1.54, 1.807) is 13.1 Å². The van der Waals surface area contributed by atoms with Gasteiger partial charge >= 0.3 is 6.18 Å². The molecule has 4 nitrogen and oxygen atoms in total. The Kier molecular flexibility index (Phi) is 5.39. The molecule has 0 saturated carbocycles. The molecule has 2 aromatic carbocycles. The number of carbonyl (C=O) groups is 1. The molecule has 0 unspecified atom stereocenters. The maximum absolute atomic E-state index is 12.7. The van der Waals surface area contributed by atoms with E-state index in [0.717, 1.165) is 17.7 Å². The van der Waals surface area contributed by atoms with Crippen molar-refractivity contribution >= 4 is 12.0 Å². The quantitative estimate of drug-likeness (QED) is 0.752. The Bertz CT molecular complexity index is 862. The first-order valence-electron chi connectivity index (χ1n) is 8.32. The van der Waals surface area contributed by atoms with Crippen molar-refractivity contribution in [3.05, 3.63) is 65.2 Å². The van der Waals surface area contributed by atoms with Crippen molar-refractivity contribution in [3.63, 3.8) is 0 Å². The number of halogens is 3. The predicted molar refractivity (Wildman–Crippen MR) is 94.4 cm³/mol. The molecule has 27 heavy (non-hydrogen) atoms. The number of benzene rings is 2. The minimum atomic E-state index is -4.41. The van der Waals surface area contributed by atoms with Gasteiger partial charge < -0.3 is 14.4 Å². The molecule has 0 bridgehead atoms. The van der Waals surface area contributed by atoms with Crippen LogP contribution in [-0.4, -0.2) is 31.1 Å². The molecular formula is C20H18F3NO3. The Labute approximate surface area is 154 Å². The van der Waals surface area contributed by atoms with Crippen molar-refractivity contribution in [3.8, 4) is 11.5 Å². The number of likely N-dealkylation sites (N-methyl/N-ethyl adjacent to an activating group) is 1. The van der Waals surface area contributed by atoms with Crippen LogP contribution in [0.2, 0.25) is 0 Å². The lowest BCUT2D eigenvalue weighted by molar-refractivity contribution is -0.137. The van der Waals surface area contributed by atoms with Gasteiger partial charge in [0.15, 0.2) is 11.5 Å². The second kappa shape index (κ2) is 7.73. The molecule has 1 amide bonds. The summed E-state index contributed by atoms with van der Waals surface area (Å²) in [6.07, 6.45) is -1.78. The van der Waals surface area contributed by atoms with Gasteiger partial charge in [-0.2, -0.15) is 13.2 Å². The third-order valence-electron chi connectivity index (χ3n) is 4.03. The topological polar surface area (TPSA) is 38.8 Å². The van der Waals surface area contributed by atoms with E-state index >= 15 is 0 Å². The van der Waals surface area contributed by atoms with Crippen LogP contribution in [0, 0.1) is 0 Å². The molecule has 1 heterocycles. The van der Waals surface area contributed by atoms with Crippen LogP contribution in [0.4, 0.5) is 13.2 Å². The minimum Gasteiger partial charge on any atom is -0.486 e. The van der Waals surface area contributed by atoms with Gasteiger partial charge in [0.1, 0.15) is 13.2 Å². The molecule has 7 heteroatoms. The summed E-state index contributed by atoms with van der Waals surface area (Å²) >= 11 is 0. The van der Waals surface area contributed by atoms with E-state index in [0.29, 0.717) is 36.8 Å². The van der Waals surface area contributed by atoms with E-state index in [1.165, 1.54) is 29.2 Å². The predicted octanol–water partition coefficient (Wildman–Crippen LogP) is 4.15. The molecule has 0 N–H and O–H groups in total. The monoisotopic (exact) mass is 377 g/mol. The summed E-state index contributed by atoms with van der Waals surface area (Å²) in [5, 5.41) is 0. The lowest BCUT2D eigenvalue weighted by atomic mass is 10.1. The van der Waals surface area contributed by atoms with Crippen LogP contribution in [0.5, 0.6) is 11.5 Å². The molecule has 0 atom stereocenters. The van der Waals surface area contributed by atoms with Gasteiger partial charge in [0, 0.05) is 19.7 Å². The van der Waals surface area contributed by atoms with Crippen LogP contribution in [0.15, 0.2) is 48.5 Å². The molecule has 0 aliphatic carbocycles. The van der Waals surface area contributed by atoms with Crippen molar-refractivity contribution in [2.75, 3.05) is 20.3 Å². The number of hydrogen-bond donors (Lipinski definition) is 0. The van der Waals surface area contributed by atoms with Crippen LogP contribution < -0.4 is 9.47 Å². The number of nitrogens with zero attached hydrogens (tertiary/aromatic N) is 1. The number of rotatable bonds is 4. The van der Waals surface area contributed by atoms with Crippen molar-refractivity contribution in [2.24, 2.45) is 0 Å². The van der Waals surface area contributed by atoms with Crippen LogP contribution >= 0.6 is 0 Å². The van der Waals surface area contributed by atoms with Gasteiger partial charge in [-0.05, 0) is 41.5 Å². The highest BCUT2D eigenvalue weighted by atomic mass is 19.4. The third-order valence-corrected chi connectivity index (χ3v) is 4.03. The van der Waals surface area contributed by atoms with Gasteiger partial charge in [0.25, 0.3) is 0 Å². The number of carbonyl (C=O) groups excluding carboxylic acids is 1. The fourth-order valence-corrected chi connectivity index (χ4v) is 2.65. The van der Waals surface area contributed by atoms with Gasteiger partial charge in [-0.25, -0.2) is 0 Å². The summed E-state index contributed by atoms with van der Waals surface area (Å²) < 4.78 is 49.2. The number of fused-ring (bicyclic) bond motifs is 1. The van der Waals surface area contributed by atoms with E-state index in [9.17, 15) is 18.0 Å². The minimum absolute atomic E-state index is 0.311. The highest BCUT2D eigenvalue weighted by molar-refractivity contribution is 5.91. The normalized spacial score (nSPS) is 13.6. The fraction of sp³-hybridized carbons (Fsp3) is 0.250. The zero-order valence-corrected chi connectivity index (χ0v) is 14.6. The van der Waals surface area contributed by atoms with Gasteiger partial charge in [-0.1, -0.05) is 18.2 Å². The molecule has 0 fully saturated rings. The summed E-state index contributed by atoms with van der Waals surface area (Å²) in [7, 11) is 1.62. The van der Waals surface area contributed by atoms with Gasteiger partial charge in [0.05, 0.1) is 5.56 Å². The Balaban J connectivity index is 1.65. The maximum atomic E-state index is 12.7. The zero-order valence-electron chi connectivity index (χ0n) is 14.6. The van der Waals surface area contributed by atoms with Crippen LogP contribution in [0.25, 0.3) is 6.08 Å². The van der Waals surface area contributed by atoms with Gasteiger partial charge in [-0.3, -0.25) is 4.79 Å². The van der Waals surface area contributed by atoms with Gasteiger partial charge in [-0.15, -0.1) is 0 Å². The average molecular weight is 377 g/mol. The number of alkyl halides is 3. The molecule has 0 aromatic heterocycles. The second-order valence-corrected chi connectivity index (χ2v) is 6.13. The van der Waals surface area contributed by atoms with Crippen molar-refractivity contribution < 1.29 is 27.4 Å². The average Bonchev–Trinajstić information content (AvgIpc) is 2.65. The summed E-state index contributed by atoms with van der Waals surface area (Å²) in [5.74, 6) is 0.991. The Morgan fingerprint density at radius 2 is 1.85 bits per heavy atom. The molecule has 2 aromatic rings. The summed E-state index contributed by atoms with van der Waals surface area (Å²) in [6.45, 7) is 1.32. The smallest absolute Gasteiger partial charge is 0.416 e. The molecule has 3 rings (SSSR count). The van der Waals surface area contributed by atoms with E-state index in [2.05, 4.69) is 0 Å². The number of amides is 1. The number of ether oxygens (including phenoxy) is 2. The second-order valence-electron chi connectivity index (χ2n) is 6.13. The van der Waals surface area contributed by atoms with E-state index in [4.69, 9.17) is 9.47 Å². The first kappa shape index (κ1) is 18.8. The molecule has 1 aliphatic heterocycles. The van der Waals surface area contributed by atoms with Crippen LogP contribution in [-0.2, 0) is 17.5 Å². The SMILES string of the molecule is CN(Cc1ccc2c(c1)OCCO2)C(=O)/C=C/c1cccc(C(F)(F)F)c1. The van der Waals surface area contributed by atoms with E-state index in [-0.39, 0.29) is 5.91 Å². The largest absolute Gasteiger partial charge is 0.486 e. The van der Waals surface area contributed by atoms with Crippen molar-refractivity contribution in [2.45, 2.75) is 12.7 Å². The lowest BCUT2D eigenvalue weighted by Crippen LogP contribution is -2.24. The third kappa shape index (κ3) is 4.81. The lowest BCUT2D eigenvalue weighted by Gasteiger charge is -2.20. The fourth-order valence-electron chi connectivity index (χ4n) is 2.65. The summed E-state index contributed by atoms with van der Waals surface area (Å²) in [6, 6.07) is 10.3. The Morgan fingerprint density at radius 3 is 2.59 bits per heavy atom. The molecule has 0 radical (unpaired) electrons. The van der Waals surface area contributed by atoms with Gasteiger partial charge in [0.2, 0.25) is 5.91 Å². The van der Waals surface area contributed by atoms with Crippen molar-refractivity contribution in [1.82, 2.24) is 4.90 Å². The van der Waals surface area contributed by atoms with E-state index < -0.39 is 11.7 Å². The first-order chi connectivity index (χ1) is 12.8. The van der Waals surface area contributed by atoms with E-state index in [1.807, 2.05) is 12.1 Å². The van der Waals surface area contributed by atoms with Crippen LogP contribution in [0.3, 0.4) is 0 Å². The molecular weight excluding hydrogens is 359 g/mol. The Morgan fingerprint density at radius 1 is 1.11 bits per heavy atom. The molecule has 0 saturated heterocycles. The summed E-state index contributed by atoms with van der Waals surface area (Å²) in [4.78, 5) is 13.7. The molecule has 0 spiro atoms. The first-order valence-corrected chi connectivity index (χ1v) is 8.32. The zero-order chi connectivity index (χ0) is 19.4. The number of hydrogen-bond acceptors (Lipinski definition) is 3. The summed E-state index contributed by atoms with van der Waals surface area (Å²) in [5.41, 5.74) is 0.426. The highest BCUT2D eigenvalue weighted by Crippen LogP contribution is 2.31. The highest BCUT2D eigenvalue weighted by Gasteiger charge is 2.30. The standard InChI is InChI=1S/C20H18F3NO3/c1-24(13-15-5-7-17-18(12-15)27-10-9-26-17)19(25)8-6-14-3-2-4-16(11-14)20(21,22)23/h2-8,11-12H,9-10,13H2,1H3/b8-6+.